The molecule has 2 aromatic rings. The Hall–Kier alpha value is -2.88. The van der Waals surface area contributed by atoms with Crippen LogP contribution in [0.15, 0.2) is 48.5 Å². The maximum Gasteiger partial charge on any atom is 0.337 e. The fraction of sp³-hybridized carbons (Fsp3) is 0.484. The van der Waals surface area contributed by atoms with Crippen LogP contribution in [-0.2, 0) is 20.4 Å². The highest BCUT2D eigenvalue weighted by Gasteiger charge is 2.37. The number of fused-ring (bicyclic) bond motifs is 1. The number of benzene rings is 2. The highest BCUT2D eigenvalue weighted by molar-refractivity contribution is 6.25. The van der Waals surface area contributed by atoms with Gasteiger partial charge in [-0.05, 0) is 77.5 Å². The number of carbonyl (C=O) groups excluding carboxylic acids is 2. The van der Waals surface area contributed by atoms with E-state index in [1.165, 1.54) is 37.5 Å². The second-order valence-electron chi connectivity index (χ2n) is 11.0. The lowest BCUT2D eigenvalue weighted by atomic mass is 9.63. The number of unbranched alkanes of at least 4 members (excludes halogenated alkanes) is 4. The normalized spacial score (nSPS) is 16.3. The van der Waals surface area contributed by atoms with Gasteiger partial charge in [-0.15, -0.1) is 0 Å². The van der Waals surface area contributed by atoms with Crippen LogP contribution in [0.5, 0.6) is 0 Å². The molecular formula is C31H41NO3. The van der Waals surface area contributed by atoms with Crippen LogP contribution >= 0.6 is 0 Å². The van der Waals surface area contributed by atoms with Gasteiger partial charge in [0, 0.05) is 11.3 Å². The summed E-state index contributed by atoms with van der Waals surface area (Å²) in [6, 6.07) is 13.4. The number of amides is 1. The Balaban J connectivity index is 1.92. The standard InChI is InChI=1S/C31H41NO3/c1-7-8-9-10-11-12-25(28(33)32-24-16-13-22(14-17-24)29(34)35-6)23-15-18-26-27(21-23)31(4,5)20-19-30(26,2)3/h12-18,21H,7-11,19-20H2,1-6H3,(H,32,33)/b25-12+. The molecule has 0 atom stereocenters. The Morgan fingerprint density at radius 2 is 1.51 bits per heavy atom. The maximum atomic E-state index is 13.5. The number of methoxy groups -OCH3 is 1. The minimum atomic E-state index is -0.393. The Bertz CT molecular complexity index is 1080. The number of nitrogens with one attached hydrogen (secondary N) is 1. The molecule has 0 spiro atoms. The molecule has 0 bridgehead atoms. The summed E-state index contributed by atoms with van der Waals surface area (Å²) < 4.78 is 4.77. The first kappa shape index (κ1) is 26.7. The van der Waals surface area contributed by atoms with Crippen molar-refractivity contribution < 1.29 is 14.3 Å². The number of rotatable bonds is 9. The highest BCUT2D eigenvalue weighted by atomic mass is 16.5. The summed E-state index contributed by atoms with van der Waals surface area (Å²) in [6.45, 7) is 11.5. The zero-order chi connectivity index (χ0) is 25.6. The summed E-state index contributed by atoms with van der Waals surface area (Å²) in [5.74, 6) is -0.519. The quantitative estimate of drug-likeness (QED) is 0.228. The van der Waals surface area contributed by atoms with Gasteiger partial charge in [-0.3, -0.25) is 4.79 Å². The number of carbonyl (C=O) groups is 2. The summed E-state index contributed by atoms with van der Waals surface area (Å²) in [7, 11) is 1.36. The summed E-state index contributed by atoms with van der Waals surface area (Å²) in [5.41, 5.74) is 5.73. The second-order valence-corrected chi connectivity index (χ2v) is 11.0. The molecule has 2 aromatic carbocycles. The lowest BCUT2D eigenvalue weighted by Crippen LogP contribution is -2.34. The van der Waals surface area contributed by atoms with Crippen molar-refractivity contribution in [3.8, 4) is 0 Å². The van der Waals surface area contributed by atoms with Crippen LogP contribution in [0.1, 0.15) is 107 Å². The molecule has 35 heavy (non-hydrogen) atoms. The molecule has 0 saturated heterocycles. The first-order valence-corrected chi connectivity index (χ1v) is 12.9. The van der Waals surface area contributed by atoms with E-state index in [2.05, 4.69) is 64.2 Å². The van der Waals surface area contributed by atoms with E-state index >= 15 is 0 Å². The summed E-state index contributed by atoms with van der Waals surface area (Å²) in [6.07, 6.45) is 9.90. The highest BCUT2D eigenvalue weighted by Crippen LogP contribution is 2.46. The maximum absolute atomic E-state index is 13.5. The van der Waals surface area contributed by atoms with Crippen LogP contribution in [-0.4, -0.2) is 19.0 Å². The van der Waals surface area contributed by atoms with Crippen molar-refractivity contribution >= 4 is 23.1 Å². The van der Waals surface area contributed by atoms with Crippen LogP contribution in [0.3, 0.4) is 0 Å². The molecule has 0 saturated carbocycles. The molecule has 1 aliphatic carbocycles. The van der Waals surface area contributed by atoms with Gasteiger partial charge in [-0.25, -0.2) is 4.79 Å². The van der Waals surface area contributed by atoms with Crippen molar-refractivity contribution in [2.45, 2.75) is 90.4 Å². The Morgan fingerprint density at radius 1 is 0.886 bits per heavy atom. The molecule has 3 rings (SSSR count). The van der Waals surface area contributed by atoms with E-state index in [9.17, 15) is 9.59 Å². The van der Waals surface area contributed by atoms with Gasteiger partial charge in [-0.2, -0.15) is 0 Å². The zero-order valence-electron chi connectivity index (χ0n) is 22.3. The molecule has 4 heteroatoms. The predicted molar refractivity (Wildman–Crippen MR) is 145 cm³/mol. The Labute approximate surface area is 211 Å². The van der Waals surface area contributed by atoms with Crippen molar-refractivity contribution in [2.75, 3.05) is 12.4 Å². The molecule has 4 nitrogen and oxygen atoms in total. The van der Waals surface area contributed by atoms with Crippen molar-refractivity contribution in [1.82, 2.24) is 0 Å². The van der Waals surface area contributed by atoms with Crippen LogP contribution in [0, 0.1) is 0 Å². The number of ether oxygens (including phenoxy) is 1. The van der Waals surface area contributed by atoms with E-state index in [0.717, 1.165) is 31.2 Å². The largest absolute Gasteiger partial charge is 0.465 e. The summed E-state index contributed by atoms with van der Waals surface area (Å²) in [5, 5.41) is 3.03. The van der Waals surface area contributed by atoms with Gasteiger partial charge in [0.25, 0.3) is 5.91 Å². The average Bonchev–Trinajstić information content (AvgIpc) is 2.84. The number of esters is 1. The molecule has 0 fully saturated rings. The van der Waals surface area contributed by atoms with Crippen molar-refractivity contribution in [3.05, 3.63) is 70.8 Å². The lowest BCUT2D eigenvalue weighted by molar-refractivity contribution is -0.111. The lowest BCUT2D eigenvalue weighted by Gasteiger charge is -2.42. The fourth-order valence-corrected chi connectivity index (χ4v) is 4.92. The second kappa shape index (κ2) is 11.2. The van der Waals surface area contributed by atoms with Gasteiger partial charge < -0.3 is 10.1 Å². The van der Waals surface area contributed by atoms with Gasteiger partial charge >= 0.3 is 5.97 Å². The fourth-order valence-electron chi connectivity index (χ4n) is 4.92. The van der Waals surface area contributed by atoms with Crippen LogP contribution in [0.25, 0.3) is 5.57 Å². The smallest absolute Gasteiger partial charge is 0.337 e. The van der Waals surface area contributed by atoms with Crippen molar-refractivity contribution in [3.63, 3.8) is 0 Å². The van der Waals surface area contributed by atoms with Gasteiger partial charge in [0.1, 0.15) is 0 Å². The van der Waals surface area contributed by atoms with Gasteiger partial charge in [0.2, 0.25) is 0 Å². The third-order valence-electron chi connectivity index (χ3n) is 7.38. The topological polar surface area (TPSA) is 55.4 Å². The molecule has 1 N–H and O–H groups in total. The van der Waals surface area contributed by atoms with E-state index < -0.39 is 5.97 Å². The third kappa shape index (κ3) is 6.42. The van der Waals surface area contributed by atoms with Gasteiger partial charge in [0.05, 0.1) is 12.7 Å². The molecular weight excluding hydrogens is 434 g/mol. The summed E-state index contributed by atoms with van der Waals surface area (Å²) in [4.78, 5) is 25.2. The monoisotopic (exact) mass is 475 g/mol. The van der Waals surface area contributed by atoms with Gasteiger partial charge in [-0.1, -0.05) is 78.2 Å². The molecule has 0 heterocycles. The van der Waals surface area contributed by atoms with Crippen LogP contribution < -0.4 is 5.32 Å². The third-order valence-corrected chi connectivity index (χ3v) is 7.38. The minimum Gasteiger partial charge on any atom is -0.465 e. The van der Waals surface area contributed by atoms with Crippen LogP contribution in [0.4, 0.5) is 5.69 Å². The molecule has 1 aliphatic rings. The van der Waals surface area contributed by atoms with E-state index in [4.69, 9.17) is 4.74 Å². The Kier molecular flexibility index (Phi) is 8.58. The molecule has 1 amide bonds. The predicted octanol–water partition coefficient (Wildman–Crippen LogP) is 7.81. The van der Waals surface area contributed by atoms with Crippen molar-refractivity contribution in [2.24, 2.45) is 0 Å². The summed E-state index contributed by atoms with van der Waals surface area (Å²) >= 11 is 0. The zero-order valence-corrected chi connectivity index (χ0v) is 22.3. The first-order valence-electron chi connectivity index (χ1n) is 12.9. The Morgan fingerprint density at radius 3 is 2.14 bits per heavy atom. The molecule has 0 radical (unpaired) electrons. The van der Waals surface area contributed by atoms with Crippen molar-refractivity contribution in [1.29, 1.82) is 0 Å². The van der Waals surface area contributed by atoms with E-state index in [-0.39, 0.29) is 16.7 Å². The van der Waals surface area contributed by atoms with E-state index in [1.807, 2.05) is 0 Å². The molecule has 0 aliphatic heterocycles. The molecule has 188 valence electrons. The van der Waals surface area contributed by atoms with Crippen LogP contribution in [0.2, 0.25) is 0 Å². The SMILES string of the molecule is CCCCCC/C=C(/C(=O)Nc1ccc(C(=O)OC)cc1)c1ccc2c(c1)C(C)(C)CCC2(C)C. The average molecular weight is 476 g/mol. The first-order chi connectivity index (χ1) is 16.6. The minimum absolute atomic E-state index is 0.0767. The van der Waals surface area contributed by atoms with E-state index in [0.29, 0.717) is 16.8 Å². The number of hydrogen-bond donors (Lipinski definition) is 1. The number of allylic oxidation sites excluding steroid dienone is 1. The van der Waals surface area contributed by atoms with E-state index in [1.54, 1.807) is 24.3 Å². The molecule has 0 unspecified atom stereocenters. The number of hydrogen-bond acceptors (Lipinski definition) is 3. The number of anilines is 1. The van der Waals surface area contributed by atoms with Gasteiger partial charge in [0.15, 0.2) is 0 Å². The molecule has 0 aromatic heterocycles.